The minimum absolute atomic E-state index is 0.0678. The van der Waals surface area contributed by atoms with Crippen molar-refractivity contribution >= 4 is 17.2 Å². The number of fused-ring (bicyclic) bond motifs is 2. The van der Waals surface area contributed by atoms with Gasteiger partial charge in [-0.1, -0.05) is 17.4 Å². The van der Waals surface area contributed by atoms with Gasteiger partial charge in [-0.3, -0.25) is 9.59 Å². The Hall–Kier alpha value is -3.18. The second-order valence-corrected chi connectivity index (χ2v) is 8.87. The number of aromatic hydroxyl groups is 1. The Morgan fingerprint density at radius 2 is 2.09 bits per heavy atom. The third-order valence-corrected chi connectivity index (χ3v) is 6.69. The zero-order chi connectivity index (χ0) is 22.6. The maximum Gasteiger partial charge on any atom is 0.276 e. The molecule has 4 heterocycles. The molecule has 0 saturated carbocycles. The van der Waals surface area contributed by atoms with Crippen molar-refractivity contribution in [1.82, 2.24) is 19.7 Å². The number of aromatic nitrogens is 3. The summed E-state index contributed by atoms with van der Waals surface area (Å²) in [6.45, 7) is 2.68. The predicted molar refractivity (Wildman–Crippen MR) is 110 cm³/mol. The van der Waals surface area contributed by atoms with E-state index in [1.807, 2.05) is 6.92 Å². The molecule has 11 heteroatoms. The Balaban J connectivity index is 1.50. The number of halogens is 2. The second kappa shape index (κ2) is 7.75. The van der Waals surface area contributed by atoms with Crippen LogP contribution in [-0.2, 0) is 17.7 Å². The number of carbonyl (C=O) groups is 1. The van der Waals surface area contributed by atoms with E-state index in [4.69, 9.17) is 4.74 Å². The highest BCUT2D eigenvalue weighted by Crippen LogP contribution is 2.32. The summed E-state index contributed by atoms with van der Waals surface area (Å²) in [6.07, 6.45) is 1.73. The minimum atomic E-state index is -0.732. The molecule has 1 amide bonds. The molecule has 2 aliphatic rings. The van der Waals surface area contributed by atoms with Gasteiger partial charge >= 0.3 is 0 Å². The van der Waals surface area contributed by atoms with Crippen molar-refractivity contribution in [2.45, 2.75) is 38.6 Å². The average molecular weight is 460 g/mol. The fourth-order valence-corrected chi connectivity index (χ4v) is 4.94. The van der Waals surface area contributed by atoms with E-state index in [0.717, 1.165) is 23.5 Å². The van der Waals surface area contributed by atoms with E-state index in [0.29, 0.717) is 18.0 Å². The lowest BCUT2D eigenvalue weighted by Crippen LogP contribution is -2.56. The van der Waals surface area contributed by atoms with Gasteiger partial charge in [-0.25, -0.2) is 8.78 Å². The number of pyridine rings is 1. The summed E-state index contributed by atoms with van der Waals surface area (Å²) in [6, 6.07) is 3.21. The van der Waals surface area contributed by atoms with Gasteiger partial charge in [0.1, 0.15) is 16.6 Å². The van der Waals surface area contributed by atoms with Crippen LogP contribution in [0, 0.1) is 11.6 Å². The van der Waals surface area contributed by atoms with Crippen LogP contribution in [0.1, 0.15) is 34.4 Å². The molecule has 32 heavy (non-hydrogen) atoms. The molecule has 1 saturated heterocycles. The lowest BCUT2D eigenvalue weighted by Gasteiger charge is -2.44. The summed E-state index contributed by atoms with van der Waals surface area (Å²) >= 11 is 1.06. The smallest absolute Gasteiger partial charge is 0.276 e. The summed E-state index contributed by atoms with van der Waals surface area (Å²) < 4.78 is 34.3. The maximum absolute atomic E-state index is 14.0. The molecule has 166 valence electrons. The molecule has 0 bridgehead atoms. The highest BCUT2D eigenvalue weighted by Gasteiger charge is 2.40. The Labute approximate surface area is 184 Å². The molecule has 2 atom stereocenters. The lowest BCUT2D eigenvalue weighted by atomic mass is 10.1. The van der Waals surface area contributed by atoms with Gasteiger partial charge in [0.15, 0.2) is 22.7 Å². The number of nitrogens with zero attached hydrogens (tertiary/aromatic N) is 4. The van der Waals surface area contributed by atoms with Crippen LogP contribution in [0.4, 0.5) is 8.78 Å². The molecule has 1 fully saturated rings. The van der Waals surface area contributed by atoms with E-state index in [-0.39, 0.29) is 40.8 Å². The van der Waals surface area contributed by atoms with Gasteiger partial charge in [-0.05, 0) is 25.0 Å². The van der Waals surface area contributed by atoms with Gasteiger partial charge in [0, 0.05) is 24.7 Å². The van der Waals surface area contributed by atoms with Gasteiger partial charge < -0.3 is 19.3 Å². The van der Waals surface area contributed by atoms with E-state index in [1.54, 1.807) is 4.90 Å². The van der Waals surface area contributed by atoms with Gasteiger partial charge in [0.25, 0.3) is 5.91 Å². The number of benzene rings is 1. The van der Waals surface area contributed by atoms with Gasteiger partial charge in [0.2, 0.25) is 5.43 Å². The van der Waals surface area contributed by atoms with Crippen molar-refractivity contribution in [3.05, 3.63) is 62.5 Å². The molecule has 2 aliphatic heterocycles. The summed E-state index contributed by atoms with van der Waals surface area (Å²) in [5.41, 5.74) is -0.484. The number of rotatable bonds is 3. The molecule has 0 aliphatic carbocycles. The van der Waals surface area contributed by atoms with Crippen molar-refractivity contribution in [2.24, 2.45) is 0 Å². The molecule has 1 unspecified atom stereocenters. The average Bonchev–Trinajstić information content (AvgIpc) is 3.21. The first-order chi connectivity index (χ1) is 15.3. The molecule has 8 nitrogen and oxygen atoms in total. The zero-order valence-electron chi connectivity index (χ0n) is 16.9. The van der Waals surface area contributed by atoms with Gasteiger partial charge in [0.05, 0.1) is 18.7 Å². The highest BCUT2D eigenvalue weighted by atomic mass is 32.1. The van der Waals surface area contributed by atoms with Crippen LogP contribution in [0.2, 0.25) is 0 Å². The van der Waals surface area contributed by atoms with Gasteiger partial charge in [-0.2, -0.15) is 0 Å². The van der Waals surface area contributed by atoms with Crippen LogP contribution >= 0.6 is 11.3 Å². The number of ether oxygens (including phenoxy) is 1. The first-order valence-corrected chi connectivity index (χ1v) is 10.8. The topological polar surface area (TPSA) is 97.5 Å². The van der Waals surface area contributed by atoms with Crippen molar-refractivity contribution in [3.8, 4) is 16.3 Å². The molecule has 1 aromatic carbocycles. The van der Waals surface area contributed by atoms with E-state index in [9.17, 15) is 23.5 Å². The minimum Gasteiger partial charge on any atom is -0.503 e. The Morgan fingerprint density at radius 1 is 1.28 bits per heavy atom. The summed E-state index contributed by atoms with van der Waals surface area (Å²) in [4.78, 5) is 27.4. The Bertz CT molecular complexity index is 1290. The molecule has 0 radical (unpaired) electrons. The van der Waals surface area contributed by atoms with Crippen molar-refractivity contribution in [2.75, 3.05) is 6.61 Å². The first kappa shape index (κ1) is 20.7. The molecule has 5 rings (SSSR count). The van der Waals surface area contributed by atoms with Crippen LogP contribution in [-0.4, -0.2) is 49.6 Å². The summed E-state index contributed by atoms with van der Waals surface area (Å²) in [7, 11) is 0. The quantitative estimate of drug-likeness (QED) is 0.645. The number of hydrogen-bond acceptors (Lipinski definition) is 7. The first-order valence-electron chi connectivity index (χ1n) is 10.0. The molecule has 1 N–H and O–H groups in total. The molecular formula is C21H18F2N4O4S. The van der Waals surface area contributed by atoms with Crippen molar-refractivity contribution < 1.29 is 23.4 Å². The number of carbonyl (C=O) groups excluding carboxylic acids is 1. The zero-order valence-corrected chi connectivity index (χ0v) is 17.7. The SMILES string of the molecule is C[C@H]1CCOC2Cn3cc(-c4nnc(Cc5ccc(F)cc5F)s4)c(=O)c(O)c3C(=O)N21. The van der Waals surface area contributed by atoms with Gasteiger partial charge in [-0.15, -0.1) is 10.2 Å². The second-order valence-electron chi connectivity index (χ2n) is 7.81. The van der Waals surface area contributed by atoms with Crippen LogP contribution in [0.15, 0.2) is 29.2 Å². The summed E-state index contributed by atoms with van der Waals surface area (Å²) in [5, 5.41) is 19.2. The number of hydrogen-bond donors (Lipinski definition) is 1. The largest absolute Gasteiger partial charge is 0.503 e. The Morgan fingerprint density at radius 3 is 2.88 bits per heavy atom. The third-order valence-electron chi connectivity index (χ3n) is 5.73. The normalized spacial score (nSPS) is 20.2. The van der Waals surface area contributed by atoms with Crippen LogP contribution in [0.5, 0.6) is 5.75 Å². The highest BCUT2D eigenvalue weighted by molar-refractivity contribution is 7.14. The monoisotopic (exact) mass is 460 g/mol. The standard InChI is InChI=1S/C21H18F2N4O4S/c1-10-4-5-31-16-9-26-8-13(18(28)19(29)17(26)21(30)27(10)16)20-25-24-15(32-20)6-11-2-3-12(22)7-14(11)23/h2-3,7-8,10,16,29H,4-6,9H2,1H3/t10-,16?/m0/s1. The lowest BCUT2D eigenvalue weighted by molar-refractivity contribution is -0.112. The fraction of sp³-hybridized carbons (Fsp3) is 0.333. The molecular weight excluding hydrogens is 442 g/mol. The van der Waals surface area contributed by atoms with E-state index < -0.39 is 34.9 Å². The number of amides is 1. The summed E-state index contributed by atoms with van der Waals surface area (Å²) in [5.74, 6) is -2.48. The molecule has 2 aromatic heterocycles. The molecule has 3 aromatic rings. The predicted octanol–water partition coefficient (Wildman–Crippen LogP) is 2.53. The van der Waals surface area contributed by atoms with Crippen LogP contribution < -0.4 is 5.43 Å². The Kier molecular flexibility index (Phi) is 5.01. The van der Waals surface area contributed by atoms with Crippen molar-refractivity contribution in [1.29, 1.82) is 0 Å². The van der Waals surface area contributed by atoms with Crippen LogP contribution in [0.25, 0.3) is 10.6 Å². The van der Waals surface area contributed by atoms with E-state index in [1.165, 1.54) is 16.8 Å². The third kappa shape index (κ3) is 3.37. The van der Waals surface area contributed by atoms with Crippen LogP contribution in [0.3, 0.4) is 0 Å². The fourth-order valence-electron chi connectivity index (χ4n) is 4.07. The molecule has 0 spiro atoms. The van der Waals surface area contributed by atoms with Crippen molar-refractivity contribution in [3.63, 3.8) is 0 Å². The van der Waals surface area contributed by atoms with E-state index in [2.05, 4.69) is 10.2 Å². The maximum atomic E-state index is 14.0. The van der Waals surface area contributed by atoms with E-state index >= 15 is 0 Å².